The molecule has 1 aromatic carbocycles. The van der Waals surface area contributed by atoms with Gasteiger partial charge in [-0.2, -0.15) is 0 Å². The lowest BCUT2D eigenvalue weighted by Crippen LogP contribution is -2.12. The summed E-state index contributed by atoms with van der Waals surface area (Å²) < 4.78 is 9.98. The molecule has 0 unspecified atom stereocenters. The second-order valence-electron chi connectivity index (χ2n) is 4.17. The summed E-state index contributed by atoms with van der Waals surface area (Å²) in [4.78, 5) is 16.1. The van der Waals surface area contributed by atoms with Crippen LogP contribution in [0.3, 0.4) is 0 Å². The zero-order valence-corrected chi connectivity index (χ0v) is 11.4. The van der Waals surface area contributed by atoms with Crippen LogP contribution in [0.15, 0.2) is 42.6 Å². The fraction of sp³-hybridized carbons (Fsp3) is 0.200. The highest BCUT2D eigenvalue weighted by Gasteiger charge is 2.06. The fourth-order valence-corrected chi connectivity index (χ4v) is 1.70. The molecule has 0 saturated heterocycles. The molecule has 104 valence electrons. The molecule has 5 nitrogen and oxygen atoms in total. The first kappa shape index (κ1) is 14.0. The van der Waals surface area contributed by atoms with Crippen LogP contribution in [-0.2, 0) is 11.3 Å². The number of hydrogen-bond acceptors (Lipinski definition) is 4. The Hall–Kier alpha value is -2.40. The number of aromatic nitrogens is 1. The number of amides is 1. The molecule has 2 aromatic rings. The Morgan fingerprint density at radius 2 is 1.90 bits per heavy atom. The zero-order valence-electron chi connectivity index (χ0n) is 11.4. The summed E-state index contributed by atoms with van der Waals surface area (Å²) in [7, 11) is 3.18. The highest BCUT2D eigenvalue weighted by Crippen LogP contribution is 2.13. The molecule has 0 aliphatic carbocycles. The Balaban J connectivity index is 2.03. The summed E-state index contributed by atoms with van der Waals surface area (Å²) in [6.07, 6.45) is 1.55. The number of nitrogens with one attached hydrogen (secondary N) is 1. The van der Waals surface area contributed by atoms with Gasteiger partial charge in [-0.05, 0) is 23.8 Å². The molecular formula is C15H16N2O3. The van der Waals surface area contributed by atoms with Crippen molar-refractivity contribution in [2.75, 3.05) is 19.5 Å². The van der Waals surface area contributed by atoms with E-state index in [-0.39, 0.29) is 5.91 Å². The van der Waals surface area contributed by atoms with Crippen molar-refractivity contribution in [1.29, 1.82) is 0 Å². The Morgan fingerprint density at radius 3 is 2.45 bits per heavy atom. The molecule has 1 aromatic heterocycles. The Morgan fingerprint density at radius 1 is 1.15 bits per heavy atom. The number of benzene rings is 1. The molecule has 0 aliphatic heterocycles. The number of anilines is 1. The average molecular weight is 272 g/mol. The molecule has 0 spiro atoms. The minimum atomic E-state index is -0.180. The molecule has 0 fully saturated rings. The summed E-state index contributed by atoms with van der Waals surface area (Å²) in [6, 6.07) is 10.7. The largest absolute Gasteiger partial charge is 0.481 e. The van der Waals surface area contributed by atoms with Crippen molar-refractivity contribution in [3.63, 3.8) is 0 Å². The van der Waals surface area contributed by atoms with E-state index in [1.165, 1.54) is 0 Å². The lowest BCUT2D eigenvalue weighted by Gasteiger charge is -2.06. The number of hydrogen-bond donors (Lipinski definition) is 1. The summed E-state index contributed by atoms with van der Waals surface area (Å²) in [5, 5.41) is 2.77. The van der Waals surface area contributed by atoms with Crippen LogP contribution in [0.5, 0.6) is 5.88 Å². The minimum Gasteiger partial charge on any atom is -0.481 e. The lowest BCUT2D eigenvalue weighted by atomic mass is 10.1. The topological polar surface area (TPSA) is 60.5 Å². The molecule has 0 bridgehead atoms. The SMILES string of the molecule is COCc1ccc(C(=O)Nc2ccc(OC)nc2)cc1. The van der Waals surface area contributed by atoms with Crippen LogP contribution >= 0.6 is 0 Å². The van der Waals surface area contributed by atoms with Gasteiger partial charge in [0.05, 0.1) is 25.6 Å². The minimum absolute atomic E-state index is 0.180. The summed E-state index contributed by atoms with van der Waals surface area (Å²) in [5.41, 5.74) is 2.23. The van der Waals surface area contributed by atoms with Gasteiger partial charge in [0.2, 0.25) is 5.88 Å². The van der Waals surface area contributed by atoms with E-state index in [0.717, 1.165) is 5.56 Å². The number of ether oxygens (including phenoxy) is 2. The first-order chi connectivity index (χ1) is 9.72. The first-order valence-electron chi connectivity index (χ1n) is 6.12. The van der Waals surface area contributed by atoms with Crippen LogP contribution in [0.1, 0.15) is 15.9 Å². The highest BCUT2D eigenvalue weighted by atomic mass is 16.5. The van der Waals surface area contributed by atoms with Crippen molar-refractivity contribution in [2.24, 2.45) is 0 Å². The number of methoxy groups -OCH3 is 2. The van der Waals surface area contributed by atoms with Gasteiger partial charge in [0.1, 0.15) is 0 Å². The number of nitrogens with zero attached hydrogens (tertiary/aromatic N) is 1. The normalized spacial score (nSPS) is 10.1. The van der Waals surface area contributed by atoms with Gasteiger partial charge in [-0.25, -0.2) is 4.98 Å². The third-order valence-corrected chi connectivity index (χ3v) is 2.73. The smallest absolute Gasteiger partial charge is 0.255 e. The highest BCUT2D eigenvalue weighted by molar-refractivity contribution is 6.04. The second-order valence-corrected chi connectivity index (χ2v) is 4.17. The van der Waals surface area contributed by atoms with Crippen molar-refractivity contribution >= 4 is 11.6 Å². The first-order valence-corrected chi connectivity index (χ1v) is 6.12. The van der Waals surface area contributed by atoms with Crippen molar-refractivity contribution in [2.45, 2.75) is 6.61 Å². The van der Waals surface area contributed by atoms with Crippen molar-refractivity contribution in [3.8, 4) is 5.88 Å². The van der Waals surface area contributed by atoms with Crippen molar-refractivity contribution < 1.29 is 14.3 Å². The Bertz CT molecular complexity index is 565. The summed E-state index contributed by atoms with van der Waals surface area (Å²) in [6.45, 7) is 0.532. The van der Waals surface area contributed by atoms with Gasteiger partial charge in [-0.1, -0.05) is 12.1 Å². The van der Waals surface area contributed by atoms with E-state index < -0.39 is 0 Å². The molecule has 0 saturated carbocycles. The summed E-state index contributed by atoms with van der Waals surface area (Å²) in [5.74, 6) is 0.327. The van der Waals surface area contributed by atoms with Crippen molar-refractivity contribution in [3.05, 3.63) is 53.7 Å². The third-order valence-electron chi connectivity index (χ3n) is 2.73. The van der Waals surface area contributed by atoms with Gasteiger partial charge >= 0.3 is 0 Å². The van der Waals surface area contributed by atoms with E-state index in [1.807, 2.05) is 12.1 Å². The molecule has 1 amide bonds. The van der Waals surface area contributed by atoms with E-state index in [9.17, 15) is 4.79 Å². The number of carbonyl (C=O) groups is 1. The predicted molar refractivity (Wildman–Crippen MR) is 75.9 cm³/mol. The summed E-state index contributed by atoms with van der Waals surface area (Å²) >= 11 is 0. The van der Waals surface area contributed by atoms with E-state index in [2.05, 4.69) is 10.3 Å². The van der Waals surface area contributed by atoms with E-state index in [0.29, 0.717) is 23.7 Å². The second kappa shape index (κ2) is 6.68. The molecule has 0 atom stereocenters. The van der Waals surface area contributed by atoms with Crippen LogP contribution in [0.25, 0.3) is 0 Å². The maximum absolute atomic E-state index is 12.0. The molecule has 2 rings (SSSR count). The molecule has 0 radical (unpaired) electrons. The lowest BCUT2D eigenvalue weighted by molar-refractivity contribution is 0.102. The van der Waals surface area contributed by atoms with E-state index in [1.54, 1.807) is 44.7 Å². The van der Waals surface area contributed by atoms with Gasteiger partial charge in [-0.15, -0.1) is 0 Å². The average Bonchev–Trinajstić information content (AvgIpc) is 2.49. The van der Waals surface area contributed by atoms with Gasteiger partial charge in [0.25, 0.3) is 5.91 Å². The van der Waals surface area contributed by atoms with Crippen LogP contribution in [0.4, 0.5) is 5.69 Å². The van der Waals surface area contributed by atoms with Crippen LogP contribution < -0.4 is 10.1 Å². The van der Waals surface area contributed by atoms with Gasteiger partial charge in [0.15, 0.2) is 0 Å². The van der Waals surface area contributed by atoms with Crippen LogP contribution in [0, 0.1) is 0 Å². The molecule has 1 N–H and O–H groups in total. The molecule has 20 heavy (non-hydrogen) atoms. The Kier molecular flexibility index (Phi) is 4.68. The number of pyridine rings is 1. The van der Waals surface area contributed by atoms with Crippen molar-refractivity contribution in [1.82, 2.24) is 4.98 Å². The maximum Gasteiger partial charge on any atom is 0.255 e. The van der Waals surface area contributed by atoms with E-state index >= 15 is 0 Å². The monoisotopic (exact) mass is 272 g/mol. The fourth-order valence-electron chi connectivity index (χ4n) is 1.70. The predicted octanol–water partition coefficient (Wildman–Crippen LogP) is 2.49. The third kappa shape index (κ3) is 3.55. The number of rotatable bonds is 5. The standard InChI is InChI=1S/C15H16N2O3/c1-19-10-11-3-5-12(6-4-11)15(18)17-13-7-8-14(20-2)16-9-13/h3-9H,10H2,1-2H3,(H,17,18). The Labute approximate surface area is 117 Å². The molecule has 5 heteroatoms. The maximum atomic E-state index is 12.0. The van der Waals surface area contributed by atoms with Crippen LogP contribution in [0.2, 0.25) is 0 Å². The molecule has 0 aliphatic rings. The van der Waals surface area contributed by atoms with E-state index in [4.69, 9.17) is 9.47 Å². The van der Waals surface area contributed by atoms with Gasteiger partial charge in [-0.3, -0.25) is 4.79 Å². The zero-order chi connectivity index (χ0) is 14.4. The van der Waals surface area contributed by atoms with Gasteiger partial charge in [0, 0.05) is 18.7 Å². The molecular weight excluding hydrogens is 256 g/mol. The van der Waals surface area contributed by atoms with Crippen LogP contribution in [-0.4, -0.2) is 25.1 Å². The van der Waals surface area contributed by atoms with Gasteiger partial charge < -0.3 is 14.8 Å². The number of carbonyl (C=O) groups excluding carboxylic acids is 1. The molecule has 1 heterocycles. The quantitative estimate of drug-likeness (QED) is 0.908.